The number of cyclic esters (lactones) is 1. The SMILES string of the molecule is CO[C@H]1C[C@@H]2CC[C@@H](C)[C@@](O)(O2)C(=O)C(=O)N2CCCC[C@H]2C(=O)O[C@H]([C@H](C)C[C@H]2CC[C@@H](OP(C)(C)=O)[C@H](OC)C2)CC(=O)[C@H](C)/C=C(/C)[C@@H](O)[C@@H](OC)C(=O)[C@H](C)C[C@H](C)/C=C/C=C/C=C/1C. The van der Waals surface area contributed by atoms with E-state index in [9.17, 15) is 38.8 Å². The third-order valence-electron chi connectivity index (χ3n) is 14.8. The number of aliphatic hydroxyl groups is 2. The minimum absolute atomic E-state index is 0.0117. The highest BCUT2D eigenvalue weighted by Crippen LogP contribution is 2.45. The topological polar surface area (TPSA) is 201 Å². The van der Waals surface area contributed by atoms with Gasteiger partial charge in [0.25, 0.3) is 11.7 Å². The number of amides is 1. The number of ketones is 3. The van der Waals surface area contributed by atoms with Crippen LogP contribution < -0.4 is 0 Å². The molecule has 0 aromatic carbocycles. The first-order valence-corrected chi connectivity index (χ1v) is 27.7. The summed E-state index contributed by atoms with van der Waals surface area (Å²) in [6.07, 6.45) is 11.4. The van der Waals surface area contributed by atoms with Gasteiger partial charge in [-0.15, -0.1) is 0 Å². The maximum Gasteiger partial charge on any atom is 0.329 e. The summed E-state index contributed by atoms with van der Waals surface area (Å²) >= 11 is 0. The molecule has 4 aliphatic rings. The van der Waals surface area contributed by atoms with Crippen LogP contribution in [0.5, 0.6) is 0 Å². The van der Waals surface area contributed by atoms with E-state index in [2.05, 4.69) is 0 Å². The first kappa shape index (κ1) is 58.4. The molecule has 2 N–H and O–H groups in total. The average molecular weight is 990 g/mol. The van der Waals surface area contributed by atoms with Crippen molar-refractivity contribution in [2.75, 3.05) is 41.2 Å². The lowest BCUT2D eigenvalue weighted by Crippen LogP contribution is -2.61. The number of ether oxygens (including phenoxy) is 5. The fourth-order valence-electron chi connectivity index (χ4n) is 10.5. The highest BCUT2D eigenvalue weighted by Gasteiger charge is 2.53. The molecule has 2 bridgehead atoms. The smallest absolute Gasteiger partial charge is 0.329 e. The van der Waals surface area contributed by atoms with E-state index in [1.165, 1.54) is 12.0 Å². The molecule has 1 aliphatic carbocycles. The second kappa shape index (κ2) is 26.5. The number of carbonyl (C=O) groups is 5. The summed E-state index contributed by atoms with van der Waals surface area (Å²) in [6.45, 7) is 15.9. The van der Waals surface area contributed by atoms with Crippen LogP contribution in [-0.4, -0.2) is 140 Å². The number of piperidine rings is 1. The standard InChI is InChI=1S/C53H84NO14P/c1-32-18-14-13-15-19-33(2)44(63-8)30-40-23-21-38(7)53(61,67-40)50(58)51(59)54-25-17-16-20-41(54)52(60)66-45(35(4)28-39-22-24-43(46(29-39)64-9)68-69(11,12)62)31-42(55)34(3)27-37(6)48(57)49(65-10)47(56)36(5)26-32/h13-15,18-19,27,32,34-36,38-41,43-46,48-49,57,61H,16-17,20-26,28-31H2,1-12H3/b15-13+,18-14+,33-19+,37-27-/t32-,34-,35-,36-,38-,39-,40+,41+,43-,44+,45+,46-,48-,49+,53-/m1/s1. The third kappa shape index (κ3) is 16.2. The molecule has 69 heavy (non-hydrogen) atoms. The van der Waals surface area contributed by atoms with Crippen molar-refractivity contribution in [1.82, 2.24) is 4.90 Å². The number of esters is 1. The molecule has 3 fully saturated rings. The molecule has 16 heteroatoms. The van der Waals surface area contributed by atoms with E-state index in [0.29, 0.717) is 63.4 Å². The molecule has 3 heterocycles. The second-order valence-electron chi connectivity index (χ2n) is 20.9. The molecule has 0 unspecified atom stereocenters. The molecule has 1 saturated carbocycles. The van der Waals surface area contributed by atoms with E-state index >= 15 is 0 Å². The minimum atomic E-state index is -2.79. The zero-order valence-electron chi connectivity index (χ0n) is 43.4. The van der Waals surface area contributed by atoms with Crippen molar-refractivity contribution in [1.29, 1.82) is 0 Å². The number of Topliss-reactive ketones (excluding diaryl/α,β-unsaturated/α-hetero) is 3. The predicted octanol–water partition coefficient (Wildman–Crippen LogP) is 7.74. The van der Waals surface area contributed by atoms with Gasteiger partial charge in [-0.25, -0.2) is 4.79 Å². The Balaban J connectivity index is 1.70. The van der Waals surface area contributed by atoms with Gasteiger partial charge in [-0.2, -0.15) is 0 Å². The van der Waals surface area contributed by atoms with Gasteiger partial charge in [0.15, 0.2) is 13.2 Å². The highest BCUT2D eigenvalue weighted by molar-refractivity contribution is 7.57. The Labute approximate surface area is 411 Å². The number of nitrogens with zero attached hydrogens (tertiary/aromatic N) is 1. The zero-order valence-corrected chi connectivity index (χ0v) is 44.3. The van der Waals surface area contributed by atoms with Crippen molar-refractivity contribution >= 4 is 36.6 Å². The molecule has 0 radical (unpaired) electrons. The number of carbonyl (C=O) groups excluding carboxylic acids is 5. The monoisotopic (exact) mass is 990 g/mol. The third-order valence-corrected chi connectivity index (χ3v) is 15.6. The zero-order chi connectivity index (χ0) is 51.4. The van der Waals surface area contributed by atoms with Crippen molar-refractivity contribution in [3.05, 3.63) is 47.6 Å². The predicted molar refractivity (Wildman–Crippen MR) is 263 cm³/mol. The number of methoxy groups -OCH3 is 3. The Morgan fingerprint density at radius 3 is 2.22 bits per heavy atom. The van der Waals surface area contributed by atoms with Gasteiger partial charge in [-0.3, -0.25) is 23.7 Å². The van der Waals surface area contributed by atoms with Crippen molar-refractivity contribution in [2.24, 2.45) is 35.5 Å². The molecule has 0 aromatic heterocycles. The lowest BCUT2D eigenvalue weighted by atomic mass is 9.78. The Bertz CT molecular complexity index is 1940. The van der Waals surface area contributed by atoms with Crippen LogP contribution in [0.4, 0.5) is 0 Å². The van der Waals surface area contributed by atoms with Gasteiger partial charge in [-0.1, -0.05) is 71.1 Å². The van der Waals surface area contributed by atoms with Crippen molar-refractivity contribution in [2.45, 2.75) is 180 Å². The number of hydrogen-bond donors (Lipinski definition) is 2. The van der Waals surface area contributed by atoms with Crippen LogP contribution in [0.2, 0.25) is 0 Å². The fraction of sp³-hybridized carbons (Fsp3) is 0.755. The number of rotatable bonds is 8. The van der Waals surface area contributed by atoms with Gasteiger partial charge in [-0.05, 0) is 107 Å². The Morgan fingerprint density at radius 1 is 0.855 bits per heavy atom. The van der Waals surface area contributed by atoms with Gasteiger partial charge < -0.3 is 43.3 Å². The van der Waals surface area contributed by atoms with E-state index < -0.39 is 85.1 Å². The summed E-state index contributed by atoms with van der Waals surface area (Å²) in [5.41, 5.74) is 1.25. The largest absolute Gasteiger partial charge is 0.460 e. The Kier molecular flexibility index (Phi) is 22.5. The van der Waals surface area contributed by atoms with Gasteiger partial charge in [0.2, 0.25) is 5.79 Å². The van der Waals surface area contributed by atoms with Crippen LogP contribution >= 0.6 is 7.37 Å². The second-order valence-corrected chi connectivity index (χ2v) is 23.6. The molecule has 1 amide bonds. The quantitative estimate of drug-likeness (QED) is 0.104. The molecule has 3 aliphatic heterocycles. The van der Waals surface area contributed by atoms with Gasteiger partial charge >= 0.3 is 5.97 Å². The summed E-state index contributed by atoms with van der Waals surface area (Å²) in [4.78, 5) is 72.2. The molecular weight excluding hydrogens is 906 g/mol. The minimum Gasteiger partial charge on any atom is -0.460 e. The molecule has 15 atom stereocenters. The maximum atomic E-state index is 14.5. The number of aliphatic hydroxyl groups excluding tert-OH is 1. The lowest BCUT2D eigenvalue weighted by Gasteiger charge is -2.42. The molecule has 0 aromatic rings. The molecular formula is C53H84NO14P. The summed E-state index contributed by atoms with van der Waals surface area (Å²) in [5, 5.41) is 23.5. The van der Waals surface area contributed by atoms with E-state index in [0.717, 1.165) is 12.0 Å². The number of allylic oxidation sites excluding steroid dienone is 6. The van der Waals surface area contributed by atoms with Crippen LogP contribution in [0.1, 0.15) is 126 Å². The highest BCUT2D eigenvalue weighted by atomic mass is 31.2. The van der Waals surface area contributed by atoms with Gasteiger partial charge in [0.05, 0.1) is 24.4 Å². The maximum absolute atomic E-state index is 14.5. The van der Waals surface area contributed by atoms with Crippen LogP contribution in [0, 0.1) is 35.5 Å². The van der Waals surface area contributed by atoms with Crippen LogP contribution in [0.15, 0.2) is 47.6 Å². The van der Waals surface area contributed by atoms with Crippen LogP contribution in [-0.2, 0) is 56.7 Å². The number of hydrogen-bond acceptors (Lipinski definition) is 14. The van der Waals surface area contributed by atoms with E-state index in [1.54, 1.807) is 54.4 Å². The summed E-state index contributed by atoms with van der Waals surface area (Å²) < 4.78 is 48.2. The molecule has 2 saturated heterocycles. The summed E-state index contributed by atoms with van der Waals surface area (Å²) in [6, 6.07) is -1.16. The average Bonchev–Trinajstić information content (AvgIpc) is 3.30. The van der Waals surface area contributed by atoms with Crippen molar-refractivity contribution in [3.8, 4) is 0 Å². The summed E-state index contributed by atoms with van der Waals surface area (Å²) in [7, 11) is 1.76. The van der Waals surface area contributed by atoms with Crippen molar-refractivity contribution in [3.63, 3.8) is 0 Å². The molecule has 0 spiro atoms. The fourth-order valence-corrected chi connectivity index (χ4v) is 11.4. The van der Waals surface area contributed by atoms with Gasteiger partial charge in [0, 0.05) is 71.8 Å². The van der Waals surface area contributed by atoms with Crippen LogP contribution in [0.25, 0.3) is 0 Å². The normalized spacial score (nSPS) is 39.0. The first-order valence-electron chi connectivity index (χ1n) is 25.2. The van der Waals surface area contributed by atoms with E-state index in [4.69, 9.17) is 28.2 Å². The van der Waals surface area contributed by atoms with E-state index in [-0.39, 0.29) is 60.9 Å². The Hall–Kier alpha value is -3.14. The van der Waals surface area contributed by atoms with Crippen molar-refractivity contribution < 1.29 is 67.0 Å². The molecule has 390 valence electrons. The molecule has 4 rings (SSSR count). The lowest BCUT2D eigenvalue weighted by molar-refractivity contribution is -0.265. The summed E-state index contributed by atoms with van der Waals surface area (Å²) in [5.74, 6) is -8.11. The van der Waals surface area contributed by atoms with Crippen LogP contribution in [0.3, 0.4) is 0 Å². The number of fused-ring (bicyclic) bond motifs is 3. The van der Waals surface area contributed by atoms with Gasteiger partial charge in [0.1, 0.15) is 30.1 Å². The van der Waals surface area contributed by atoms with E-state index in [1.807, 2.05) is 58.1 Å². The first-order chi connectivity index (χ1) is 32.4. The Morgan fingerprint density at radius 2 is 1.57 bits per heavy atom. The molecule has 15 nitrogen and oxygen atoms in total.